The minimum Gasteiger partial charge on any atom is -0.491 e. The Morgan fingerprint density at radius 1 is 0.962 bits per heavy atom. The van der Waals surface area contributed by atoms with Gasteiger partial charge in [0.25, 0.3) is 0 Å². The Morgan fingerprint density at radius 2 is 1.50 bits per heavy atom. The number of ether oxygens (including phenoxy) is 2. The van der Waals surface area contributed by atoms with Crippen LogP contribution in [-0.2, 0) is 11.2 Å². The smallest absolute Gasteiger partial charge is 0.307 e. The van der Waals surface area contributed by atoms with Gasteiger partial charge in [-0.2, -0.15) is 0 Å². The predicted octanol–water partition coefficient (Wildman–Crippen LogP) is 6.70. The highest BCUT2D eigenvalue weighted by Gasteiger charge is 2.15. The lowest BCUT2D eigenvalue weighted by Crippen LogP contribution is -2.03. The molecule has 2 rings (SSSR count). The molecular formula is C18H16I4O4. The molecule has 0 saturated heterocycles. The van der Waals surface area contributed by atoms with Crippen LogP contribution in [-0.4, -0.2) is 17.7 Å². The van der Waals surface area contributed by atoms with Gasteiger partial charge in [-0.25, -0.2) is 0 Å². The van der Waals surface area contributed by atoms with Crippen molar-refractivity contribution in [3.05, 3.63) is 44.1 Å². The second-order valence-electron chi connectivity index (χ2n) is 5.48. The molecule has 0 aliphatic rings. The average molecular weight is 804 g/mol. The summed E-state index contributed by atoms with van der Waals surface area (Å²) < 4.78 is 15.8. The zero-order valence-electron chi connectivity index (χ0n) is 13.8. The van der Waals surface area contributed by atoms with E-state index in [0.717, 1.165) is 49.9 Å². The normalized spacial score (nSPS) is 10.7. The molecular weight excluding hydrogens is 788 g/mol. The van der Waals surface area contributed by atoms with E-state index in [0.29, 0.717) is 6.61 Å². The van der Waals surface area contributed by atoms with Crippen molar-refractivity contribution in [1.29, 1.82) is 0 Å². The van der Waals surface area contributed by atoms with Gasteiger partial charge >= 0.3 is 5.97 Å². The number of carboxylic acid groups (broad SMARTS) is 1. The first kappa shape index (κ1) is 22.7. The highest BCUT2D eigenvalue weighted by Crippen LogP contribution is 2.37. The van der Waals surface area contributed by atoms with Crippen LogP contribution in [0.25, 0.3) is 0 Å². The third-order valence-electron chi connectivity index (χ3n) is 3.35. The molecule has 4 nitrogen and oxygen atoms in total. The van der Waals surface area contributed by atoms with Crippen molar-refractivity contribution in [2.24, 2.45) is 0 Å². The van der Waals surface area contributed by atoms with E-state index in [-0.39, 0.29) is 6.42 Å². The lowest BCUT2D eigenvalue weighted by atomic mass is 10.1. The molecule has 2 aromatic carbocycles. The number of carbonyl (C=O) groups is 1. The number of aliphatic carboxylic acids is 1. The van der Waals surface area contributed by atoms with Crippen LogP contribution in [0.2, 0.25) is 0 Å². The second-order valence-corrected chi connectivity index (χ2v) is 10.1. The van der Waals surface area contributed by atoms with E-state index < -0.39 is 5.97 Å². The van der Waals surface area contributed by atoms with E-state index in [2.05, 4.69) is 97.3 Å². The van der Waals surface area contributed by atoms with Crippen molar-refractivity contribution >= 4 is 96.3 Å². The molecule has 26 heavy (non-hydrogen) atoms. The molecule has 0 aliphatic heterocycles. The van der Waals surface area contributed by atoms with Crippen molar-refractivity contribution in [2.75, 3.05) is 6.61 Å². The molecule has 0 aromatic heterocycles. The quantitative estimate of drug-likeness (QED) is 0.239. The lowest BCUT2D eigenvalue weighted by Gasteiger charge is -2.15. The maximum atomic E-state index is 10.9. The fourth-order valence-electron chi connectivity index (χ4n) is 2.16. The number of hydrogen-bond acceptors (Lipinski definition) is 3. The molecule has 0 fully saturated rings. The Labute approximate surface area is 207 Å². The third kappa shape index (κ3) is 6.50. The Morgan fingerprint density at radius 3 is 2.00 bits per heavy atom. The first-order chi connectivity index (χ1) is 12.3. The summed E-state index contributed by atoms with van der Waals surface area (Å²) in [5.41, 5.74) is 0.766. The van der Waals surface area contributed by atoms with Gasteiger partial charge in [-0.15, -0.1) is 0 Å². The first-order valence-electron chi connectivity index (χ1n) is 7.81. The monoisotopic (exact) mass is 804 g/mol. The summed E-state index contributed by atoms with van der Waals surface area (Å²) in [5, 5.41) is 8.97. The van der Waals surface area contributed by atoms with Crippen LogP contribution in [0, 0.1) is 14.3 Å². The Hall–Kier alpha value is 0.430. The number of rotatable bonds is 8. The zero-order valence-corrected chi connectivity index (χ0v) is 22.5. The van der Waals surface area contributed by atoms with E-state index in [1.165, 1.54) is 0 Å². The number of unbranched alkanes of at least 4 members (excludes halogenated alkanes) is 1. The van der Waals surface area contributed by atoms with Crippen molar-refractivity contribution in [1.82, 2.24) is 0 Å². The molecule has 1 N–H and O–H groups in total. The summed E-state index contributed by atoms with van der Waals surface area (Å²) in [5.74, 6) is 1.54. The Bertz CT molecular complexity index is 762. The minimum absolute atomic E-state index is 0.00583. The predicted molar refractivity (Wildman–Crippen MR) is 136 cm³/mol. The minimum atomic E-state index is -0.840. The molecule has 0 heterocycles. The third-order valence-corrected chi connectivity index (χ3v) is 6.55. The molecule has 0 unspecified atom stereocenters. The van der Waals surface area contributed by atoms with Crippen LogP contribution in [0.5, 0.6) is 17.2 Å². The average Bonchev–Trinajstić information content (AvgIpc) is 2.53. The van der Waals surface area contributed by atoms with E-state index in [1.54, 1.807) is 0 Å². The van der Waals surface area contributed by atoms with E-state index in [1.807, 2.05) is 24.3 Å². The van der Waals surface area contributed by atoms with Crippen LogP contribution < -0.4 is 9.47 Å². The number of benzene rings is 2. The van der Waals surface area contributed by atoms with Gasteiger partial charge in [-0.3, -0.25) is 4.79 Å². The van der Waals surface area contributed by atoms with Crippen LogP contribution >= 0.6 is 90.4 Å². The Kier molecular flexibility index (Phi) is 9.46. The van der Waals surface area contributed by atoms with Crippen LogP contribution in [0.4, 0.5) is 0 Å². The van der Waals surface area contributed by atoms with Crippen LogP contribution in [0.1, 0.15) is 25.3 Å². The molecule has 0 amide bonds. The summed E-state index contributed by atoms with van der Waals surface area (Å²) in [4.78, 5) is 10.9. The molecule has 0 bridgehead atoms. The first-order valence-corrected chi connectivity index (χ1v) is 12.1. The highest BCUT2D eigenvalue weighted by molar-refractivity contribution is 14.1. The maximum absolute atomic E-state index is 10.9. The Balaban J connectivity index is 2.24. The fourth-order valence-corrected chi connectivity index (χ4v) is 6.30. The molecule has 0 atom stereocenters. The molecule has 0 radical (unpaired) electrons. The lowest BCUT2D eigenvalue weighted by molar-refractivity contribution is -0.136. The molecule has 0 spiro atoms. The summed E-state index contributed by atoms with van der Waals surface area (Å²) in [6, 6.07) is 7.62. The van der Waals surface area contributed by atoms with Crippen molar-refractivity contribution in [2.45, 2.75) is 26.2 Å². The summed E-state index contributed by atoms with van der Waals surface area (Å²) in [7, 11) is 0. The van der Waals surface area contributed by atoms with E-state index in [9.17, 15) is 4.79 Å². The van der Waals surface area contributed by atoms with Crippen molar-refractivity contribution in [3.63, 3.8) is 0 Å². The summed E-state index contributed by atoms with van der Waals surface area (Å²) in [6.45, 7) is 2.85. The highest BCUT2D eigenvalue weighted by atomic mass is 127. The summed E-state index contributed by atoms with van der Waals surface area (Å²) >= 11 is 8.89. The molecule has 0 aliphatic carbocycles. The SMILES string of the molecule is CCCCOc1c(I)cc(Oc2c(I)cc(CC(=O)O)cc2I)cc1I. The topological polar surface area (TPSA) is 55.8 Å². The standard InChI is InChI=1S/C18H16I4O4/c1-2-3-4-25-17-14(21)8-11(9-15(17)22)26-18-12(19)5-10(6-13(18)20)7-16(23)24/h5-6,8-9H,2-4,7H2,1H3,(H,23,24). The van der Waals surface area contributed by atoms with Crippen LogP contribution in [0.3, 0.4) is 0 Å². The van der Waals surface area contributed by atoms with Gasteiger partial charge in [0.2, 0.25) is 0 Å². The largest absolute Gasteiger partial charge is 0.491 e. The number of hydrogen-bond donors (Lipinski definition) is 1. The van der Waals surface area contributed by atoms with Gasteiger partial charge in [-0.1, -0.05) is 13.3 Å². The van der Waals surface area contributed by atoms with E-state index in [4.69, 9.17) is 14.6 Å². The van der Waals surface area contributed by atoms with Crippen molar-refractivity contribution < 1.29 is 19.4 Å². The van der Waals surface area contributed by atoms with Gasteiger partial charge in [0, 0.05) is 0 Å². The van der Waals surface area contributed by atoms with Gasteiger partial charge in [0.1, 0.15) is 11.5 Å². The molecule has 140 valence electrons. The molecule has 8 heteroatoms. The fraction of sp³-hybridized carbons (Fsp3) is 0.278. The van der Waals surface area contributed by atoms with Crippen molar-refractivity contribution in [3.8, 4) is 17.2 Å². The van der Waals surface area contributed by atoms with Gasteiger partial charge in [-0.05, 0) is 127 Å². The van der Waals surface area contributed by atoms with Gasteiger partial charge < -0.3 is 14.6 Å². The molecule has 0 saturated carbocycles. The zero-order chi connectivity index (χ0) is 19.3. The van der Waals surface area contributed by atoms with E-state index >= 15 is 0 Å². The van der Waals surface area contributed by atoms with Crippen LogP contribution in [0.15, 0.2) is 24.3 Å². The number of halogens is 4. The summed E-state index contributed by atoms with van der Waals surface area (Å²) in [6.07, 6.45) is 2.14. The number of carboxylic acids is 1. The van der Waals surface area contributed by atoms with Gasteiger partial charge in [0.15, 0.2) is 5.75 Å². The van der Waals surface area contributed by atoms with Gasteiger partial charge in [0.05, 0.1) is 27.3 Å². The molecule has 2 aromatic rings. The maximum Gasteiger partial charge on any atom is 0.307 e. The second kappa shape index (κ2) is 10.8.